The average molecular weight is 370 g/mol. The minimum atomic E-state index is 0.293. The predicted octanol–water partition coefficient (Wildman–Crippen LogP) is 3.00. The molecule has 1 aliphatic heterocycles. The highest BCUT2D eigenvalue weighted by Gasteiger charge is 2.28. The molecular weight excluding hydrogens is 348 g/mol. The van der Waals surface area contributed by atoms with Crippen molar-refractivity contribution in [1.82, 2.24) is 35.0 Å². The summed E-state index contributed by atoms with van der Waals surface area (Å²) in [4.78, 5) is 19.0. The number of imidazole rings is 1. The molecule has 3 aromatic rings. The Morgan fingerprint density at radius 1 is 1.35 bits per heavy atom. The van der Waals surface area contributed by atoms with Crippen LogP contribution >= 0.6 is 11.3 Å². The molecule has 0 spiro atoms. The minimum absolute atomic E-state index is 0.293. The fourth-order valence-corrected chi connectivity index (χ4v) is 4.01. The molecule has 4 rings (SSSR count). The van der Waals surface area contributed by atoms with Crippen LogP contribution < -0.4 is 5.32 Å². The zero-order valence-corrected chi connectivity index (χ0v) is 15.8. The Labute approximate surface area is 156 Å². The van der Waals surface area contributed by atoms with Crippen LogP contribution in [-0.4, -0.2) is 41.6 Å². The summed E-state index contributed by atoms with van der Waals surface area (Å²) in [6.07, 6.45) is 6.76. The van der Waals surface area contributed by atoms with Gasteiger partial charge in [-0.3, -0.25) is 4.90 Å². The summed E-state index contributed by atoms with van der Waals surface area (Å²) in [5.41, 5.74) is 2.18. The van der Waals surface area contributed by atoms with Crippen molar-refractivity contribution < 1.29 is 0 Å². The van der Waals surface area contributed by atoms with Gasteiger partial charge in [0.1, 0.15) is 16.6 Å². The average Bonchev–Trinajstić information content (AvgIpc) is 3.36. The lowest BCUT2D eigenvalue weighted by Gasteiger charge is -2.23. The van der Waals surface area contributed by atoms with Gasteiger partial charge in [-0.1, -0.05) is 18.3 Å². The zero-order valence-electron chi connectivity index (χ0n) is 14.9. The van der Waals surface area contributed by atoms with Gasteiger partial charge < -0.3 is 10.3 Å². The van der Waals surface area contributed by atoms with E-state index in [1.807, 2.05) is 19.2 Å². The van der Waals surface area contributed by atoms with Gasteiger partial charge in [-0.05, 0) is 32.7 Å². The van der Waals surface area contributed by atoms with Gasteiger partial charge in [0.05, 0.1) is 18.1 Å². The number of likely N-dealkylation sites (tertiary alicyclic amines) is 1. The number of hydrogen-bond acceptors (Lipinski definition) is 8. The van der Waals surface area contributed by atoms with Gasteiger partial charge in [0, 0.05) is 24.5 Å². The zero-order chi connectivity index (χ0) is 17.9. The molecule has 8 nitrogen and oxygen atoms in total. The normalized spacial score (nSPS) is 17.7. The maximum Gasteiger partial charge on any atom is 0.211 e. The van der Waals surface area contributed by atoms with Gasteiger partial charge >= 0.3 is 0 Å². The van der Waals surface area contributed by atoms with Crippen molar-refractivity contribution in [1.29, 1.82) is 0 Å². The monoisotopic (exact) mass is 370 g/mol. The van der Waals surface area contributed by atoms with Crippen LogP contribution in [0, 0.1) is 6.92 Å². The van der Waals surface area contributed by atoms with E-state index in [-0.39, 0.29) is 0 Å². The van der Waals surface area contributed by atoms with Gasteiger partial charge in [0.25, 0.3) is 0 Å². The lowest BCUT2D eigenvalue weighted by molar-refractivity contribution is 0.241. The number of H-pyrrole nitrogens is 1. The molecule has 1 atom stereocenters. The molecule has 0 radical (unpaired) electrons. The second-order valence-electron chi connectivity index (χ2n) is 6.41. The van der Waals surface area contributed by atoms with Crippen LogP contribution in [0.5, 0.6) is 0 Å². The Hall–Kier alpha value is -2.39. The van der Waals surface area contributed by atoms with Crippen molar-refractivity contribution >= 4 is 22.3 Å². The first-order valence-electron chi connectivity index (χ1n) is 8.87. The number of aryl methyl sites for hydroxylation is 2. The lowest BCUT2D eigenvalue weighted by atomic mass is 10.1. The molecule has 0 aliphatic carbocycles. The van der Waals surface area contributed by atoms with E-state index in [2.05, 4.69) is 42.3 Å². The first-order valence-corrected chi connectivity index (χ1v) is 9.69. The Balaban J connectivity index is 1.54. The molecule has 0 unspecified atom stereocenters. The maximum absolute atomic E-state index is 4.71. The summed E-state index contributed by atoms with van der Waals surface area (Å²) in [5.74, 6) is 1.54. The Kier molecular flexibility index (Phi) is 4.89. The van der Waals surface area contributed by atoms with E-state index < -0.39 is 0 Å². The molecule has 4 heterocycles. The highest BCUT2D eigenvalue weighted by Crippen LogP contribution is 2.33. The van der Waals surface area contributed by atoms with E-state index in [4.69, 9.17) is 4.98 Å². The van der Waals surface area contributed by atoms with Gasteiger partial charge in [0.2, 0.25) is 5.13 Å². The van der Waals surface area contributed by atoms with Gasteiger partial charge in [-0.15, -0.1) is 10.2 Å². The van der Waals surface area contributed by atoms with Crippen LogP contribution in [0.3, 0.4) is 0 Å². The first-order chi connectivity index (χ1) is 12.7. The van der Waals surface area contributed by atoms with Crippen LogP contribution in [0.4, 0.5) is 10.9 Å². The molecule has 0 aromatic carbocycles. The third-order valence-corrected chi connectivity index (χ3v) is 5.48. The predicted molar refractivity (Wildman–Crippen MR) is 100 cm³/mol. The summed E-state index contributed by atoms with van der Waals surface area (Å²) in [5, 5.41) is 13.4. The number of nitrogens with one attached hydrogen (secondary N) is 2. The van der Waals surface area contributed by atoms with Crippen LogP contribution in [-0.2, 0) is 13.0 Å². The third kappa shape index (κ3) is 3.73. The van der Waals surface area contributed by atoms with Crippen molar-refractivity contribution in [3.63, 3.8) is 0 Å². The van der Waals surface area contributed by atoms with Crippen molar-refractivity contribution in [2.24, 2.45) is 0 Å². The molecule has 1 fully saturated rings. The standard InChI is InChI=1S/C17H22N8S/c1-3-16-23-24-17(26-16)22-15-7-13(20-11(2)21-15)14-5-4-6-25(14)9-12-8-18-10-19-12/h7-8,10,14H,3-6,9H2,1-2H3,(H,18,19)(H,20,21,22,24)/t14-/m0/s1. The van der Waals surface area contributed by atoms with Crippen molar-refractivity contribution in [3.8, 4) is 0 Å². The smallest absolute Gasteiger partial charge is 0.211 e. The number of aromatic amines is 1. The number of rotatable bonds is 6. The van der Waals surface area contributed by atoms with E-state index in [1.54, 1.807) is 17.7 Å². The quantitative estimate of drug-likeness (QED) is 0.688. The molecule has 1 saturated heterocycles. The Morgan fingerprint density at radius 3 is 3.04 bits per heavy atom. The molecule has 2 N–H and O–H groups in total. The van der Waals surface area contributed by atoms with Crippen molar-refractivity contribution in [2.45, 2.75) is 45.7 Å². The van der Waals surface area contributed by atoms with E-state index in [1.165, 1.54) is 6.42 Å². The van der Waals surface area contributed by atoms with Crippen molar-refractivity contribution in [3.05, 3.63) is 40.8 Å². The summed E-state index contributed by atoms with van der Waals surface area (Å²) in [7, 11) is 0. The van der Waals surface area contributed by atoms with E-state index in [0.29, 0.717) is 6.04 Å². The van der Waals surface area contributed by atoms with Crippen molar-refractivity contribution in [2.75, 3.05) is 11.9 Å². The van der Waals surface area contributed by atoms with Crippen LogP contribution in [0.25, 0.3) is 0 Å². The molecule has 26 heavy (non-hydrogen) atoms. The minimum Gasteiger partial charge on any atom is -0.347 e. The second kappa shape index (κ2) is 7.46. The SMILES string of the molecule is CCc1nnc(Nc2cc([C@@H]3CCCN3Cc3cnc[nH]3)nc(C)n2)s1. The van der Waals surface area contributed by atoms with E-state index in [0.717, 1.165) is 59.1 Å². The summed E-state index contributed by atoms with van der Waals surface area (Å²) in [6, 6.07) is 2.33. The number of aromatic nitrogens is 6. The molecule has 0 saturated carbocycles. The number of anilines is 2. The summed E-state index contributed by atoms with van der Waals surface area (Å²) < 4.78 is 0. The summed E-state index contributed by atoms with van der Waals surface area (Å²) in [6.45, 7) is 5.92. The van der Waals surface area contributed by atoms with Gasteiger partial charge in [-0.25, -0.2) is 15.0 Å². The topological polar surface area (TPSA) is 95.5 Å². The molecule has 0 amide bonds. The fraction of sp³-hybridized carbons (Fsp3) is 0.471. The summed E-state index contributed by atoms with van der Waals surface area (Å²) >= 11 is 1.56. The van der Waals surface area contributed by atoms with Crippen LogP contribution in [0.15, 0.2) is 18.6 Å². The Bertz CT molecular complexity index is 860. The number of nitrogens with zero attached hydrogens (tertiary/aromatic N) is 6. The van der Waals surface area contributed by atoms with Gasteiger partial charge in [0.15, 0.2) is 0 Å². The molecule has 136 valence electrons. The van der Waals surface area contributed by atoms with Crippen LogP contribution in [0.2, 0.25) is 0 Å². The highest BCUT2D eigenvalue weighted by molar-refractivity contribution is 7.15. The molecule has 9 heteroatoms. The second-order valence-corrected chi connectivity index (χ2v) is 7.47. The highest BCUT2D eigenvalue weighted by atomic mass is 32.1. The third-order valence-electron chi connectivity index (χ3n) is 4.50. The largest absolute Gasteiger partial charge is 0.347 e. The van der Waals surface area contributed by atoms with Crippen LogP contribution in [0.1, 0.15) is 48.0 Å². The fourth-order valence-electron chi connectivity index (χ4n) is 3.32. The first kappa shape index (κ1) is 17.0. The lowest BCUT2D eigenvalue weighted by Crippen LogP contribution is -2.24. The molecular formula is C17H22N8S. The van der Waals surface area contributed by atoms with E-state index in [9.17, 15) is 0 Å². The molecule has 3 aromatic heterocycles. The molecule has 0 bridgehead atoms. The Morgan fingerprint density at radius 2 is 2.27 bits per heavy atom. The maximum atomic E-state index is 4.71. The number of hydrogen-bond donors (Lipinski definition) is 2. The van der Waals surface area contributed by atoms with Gasteiger partial charge in [-0.2, -0.15) is 0 Å². The van der Waals surface area contributed by atoms with E-state index >= 15 is 0 Å². The molecule has 1 aliphatic rings.